The fourth-order valence-electron chi connectivity index (χ4n) is 2.01. The van der Waals surface area contributed by atoms with E-state index in [1.54, 1.807) is 6.92 Å². The maximum Gasteiger partial charge on any atom is 0.233 e. The fourth-order valence-corrected chi connectivity index (χ4v) is 2.01. The van der Waals surface area contributed by atoms with Crippen LogP contribution < -0.4 is 11.5 Å². The molecule has 18 heavy (non-hydrogen) atoms. The third-order valence-electron chi connectivity index (χ3n) is 3.50. The highest BCUT2D eigenvalue weighted by Gasteiger charge is 2.43. The lowest BCUT2D eigenvalue weighted by Gasteiger charge is -2.29. The minimum atomic E-state index is -1.39. The van der Waals surface area contributed by atoms with E-state index < -0.39 is 23.1 Å². The van der Waals surface area contributed by atoms with E-state index in [-0.39, 0.29) is 12.2 Å². The van der Waals surface area contributed by atoms with Crippen LogP contribution in [0.1, 0.15) is 52.9 Å². The Balaban J connectivity index is 5.04. The first kappa shape index (κ1) is 16.6. The lowest BCUT2D eigenvalue weighted by molar-refractivity contribution is -0.142. The molecule has 104 valence electrons. The summed E-state index contributed by atoms with van der Waals surface area (Å²) in [6.07, 6.45) is 3.00. The summed E-state index contributed by atoms with van der Waals surface area (Å²) < 4.78 is 0. The molecule has 0 heterocycles. The van der Waals surface area contributed by atoms with Crippen molar-refractivity contribution < 1.29 is 14.4 Å². The predicted molar refractivity (Wildman–Crippen MR) is 69.4 cm³/mol. The largest absolute Gasteiger partial charge is 0.369 e. The van der Waals surface area contributed by atoms with E-state index in [0.717, 1.165) is 12.8 Å². The molecule has 0 radical (unpaired) electrons. The van der Waals surface area contributed by atoms with Gasteiger partial charge in [0.05, 0.1) is 0 Å². The zero-order valence-electron chi connectivity index (χ0n) is 11.5. The lowest BCUT2D eigenvalue weighted by atomic mass is 9.73. The summed E-state index contributed by atoms with van der Waals surface area (Å²) in [6.45, 7) is 5.14. The second kappa shape index (κ2) is 7.13. The number of unbranched alkanes of at least 4 members (excludes halogenated alkanes) is 2. The molecule has 0 bridgehead atoms. The van der Waals surface area contributed by atoms with E-state index in [9.17, 15) is 14.4 Å². The highest BCUT2D eigenvalue weighted by molar-refractivity contribution is 6.04. The van der Waals surface area contributed by atoms with Crippen LogP contribution in [0.15, 0.2) is 0 Å². The van der Waals surface area contributed by atoms with Gasteiger partial charge in [0.2, 0.25) is 11.8 Å². The van der Waals surface area contributed by atoms with Gasteiger partial charge in [0.1, 0.15) is 11.2 Å². The number of carbonyl (C=O) groups is 3. The van der Waals surface area contributed by atoms with Crippen molar-refractivity contribution in [2.24, 2.45) is 22.8 Å². The number of hydrogen-bond donors (Lipinski definition) is 2. The Morgan fingerprint density at radius 3 is 1.94 bits per heavy atom. The summed E-state index contributed by atoms with van der Waals surface area (Å²) in [6, 6.07) is 0. The molecule has 0 aliphatic heterocycles. The van der Waals surface area contributed by atoms with Gasteiger partial charge in [-0.2, -0.15) is 0 Å². The average molecular weight is 256 g/mol. The van der Waals surface area contributed by atoms with Crippen molar-refractivity contribution in [1.29, 1.82) is 0 Å². The van der Waals surface area contributed by atoms with E-state index in [1.807, 2.05) is 6.92 Å². The molecule has 5 nitrogen and oxygen atoms in total. The quantitative estimate of drug-likeness (QED) is 0.477. The molecule has 0 rings (SSSR count). The van der Waals surface area contributed by atoms with Crippen molar-refractivity contribution in [3.8, 4) is 0 Å². The zero-order chi connectivity index (χ0) is 14.3. The monoisotopic (exact) mass is 256 g/mol. The van der Waals surface area contributed by atoms with Crippen LogP contribution in [0.25, 0.3) is 0 Å². The third kappa shape index (κ3) is 4.13. The van der Waals surface area contributed by atoms with Gasteiger partial charge >= 0.3 is 0 Å². The minimum Gasteiger partial charge on any atom is -0.369 e. The van der Waals surface area contributed by atoms with Crippen molar-refractivity contribution in [2.45, 2.75) is 52.9 Å². The van der Waals surface area contributed by atoms with Crippen LogP contribution in [0, 0.1) is 11.3 Å². The van der Waals surface area contributed by atoms with Crippen molar-refractivity contribution in [3.63, 3.8) is 0 Å². The standard InChI is InChI=1S/C13H24N2O3/c1-4-5-6-7-13(11(14)17,12(15)18)8-9(2)10(3)16/h9H,4-8H2,1-3H3,(H2,14,17)(H2,15,18). The van der Waals surface area contributed by atoms with Gasteiger partial charge in [0.15, 0.2) is 0 Å². The van der Waals surface area contributed by atoms with Crippen LogP contribution in [-0.4, -0.2) is 17.6 Å². The van der Waals surface area contributed by atoms with Crippen LogP contribution in [0.4, 0.5) is 0 Å². The second-order valence-electron chi connectivity index (χ2n) is 4.98. The SMILES string of the molecule is CCCCCC(CC(C)C(C)=O)(C(N)=O)C(N)=O. The molecule has 0 saturated carbocycles. The van der Waals surface area contributed by atoms with Gasteiger partial charge < -0.3 is 11.5 Å². The summed E-state index contributed by atoms with van der Waals surface area (Å²) in [5.41, 5.74) is 9.32. The Morgan fingerprint density at radius 2 is 1.61 bits per heavy atom. The number of primary amides is 2. The normalized spacial score (nSPS) is 13.1. The smallest absolute Gasteiger partial charge is 0.233 e. The van der Waals surface area contributed by atoms with Crippen LogP contribution >= 0.6 is 0 Å². The molecule has 0 aliphatic carbocycles. The molecule has 2 amide bonds. The Labute approximate surface area is 108 Å². The summed E-state index contributed by atoms with van der Waals surface area (Å²) in [7, 11) is 0. The number of ketones is 1. The first-order chi connectivity index (χ1) is 8.27. The van der Waals surface area contributed by atoms with E-state index in [1.165, 1.54) is 6.92 Å². The molecule has 0 fully saturated rings. The number of rotatable bonds is 9. The van der Waals surface area contributed by atoms with Gasteiger partial charge in [0, 0.05) is 5.92 Å². The van der Waals surface area contributed by atoms with Crippen LogP contribution in [0.3, 0.4) is 0 Å². The zero-order valence-corrected chi connectivity index (χ0v) is 11.5. The van der Waals surface area contributed by atoms with Gasteiger partial charge in [0.25, 0.3) is 0 Å². The molecular formula is C13H24N2O3. The topological polar surface area (TPSA) is 103 Å². The van der Waals surface area contributed by atoms with Crippen LogP contribution in [-0.2, 0) is 14.4 Å². The van der Waals surface area contributed by atoms with Gasteiger partial charge in [-0.15, -0.1) is 0 Å². The Morgan fingerprint density at radius 1 is 1.11 bits per heavy atom. The van der Waals surface area contributed by atoms with Crippen LogP contribution in [0.5, 0.6) is 0 Å². The van der Waals surface area contributed by atoms with Gasteiger partial charge in [-0.05, 0) is 19.8 Å². The molecule has 0 aromatic rings. The molecule has 0 aromatic carbocycles. The van der Waals surface area contributed by atoms with Crippen LogP contribution in [0.2, 0.25) is 0 Å². The molecule has 5 heteroatoms. The summed E-state index contributed by atoms with van der Waals surface area (Å²) >= 11 is 0. The van der Waals surface area contributed by atoms with Crippen molar-refractivity contribution in [3.05, 3.63) is 0 Å². The number of Topliss-reactive ketones (excluding diaryl/α,β-unsaturated/α-hetero) is 1. The molecule has 1 atom stereocenters. The maximum absolute atomic E-state index is 11.6. The summed E-state index contributed by atoms with van der Waals surface area (Å²) in [5.74, 6) is -1.91. The summed E-state index contributed by atoms with van der Waals surface area (Å²) in [5, 5.41) is 0. The summed E-state index contributed by atoms with van der Waals surface area (Å²) in [4.78, 5) is 34.5. The maximum atomic E-state index is 11.6. The first-order valence-electron chi connectivity index (χ1n) is 6.38. The van der Waals surface area contributed by atoms with E-state index in [2.05, 4.69) is 0 Å². The molecule has 0 spiro atoms. The molecule has 0 aliphatic rings. The fraction of sp³-hybridized carbons (Fsp3) is 0.769. The number of carbonyl (C=O) groups excluding carboxylic acids is 3. The van der Waals surface area contributed by atoms with E-state index in [4.69, 9.17) is 11.5 Å². The van der Waals surface area contributed by atoms with E-state index >= 15 is 0 Å². The second-order valence-corrected chi connectivity index (χ2v) is 4.98. The highest BCUT2D eigenvalue weighted by atomic mass is 16.2. The van der Waals surface area contributed by atoms with Gasteiger partial charge in [-0.3, -0.25) is 14.4 Å². The predicted octanol–water partition coefficient (Wildman–Crippen LogP) is 1.14. The van der Waals surface area contributed by atoms with Gasteiger partial charge in [-0.25, -0.2) is 0 Å². The Kier molecular flexibility index (Phi) is 6.58. The molecule has 0 aromatic heterocycles. The molecule has 0 saturated heterocycles. The Hall–Kier alpha value is -1.39. The lowest BCUT2D eigenvalue weighted by Crippen LogP contribution is -2.49. The van der Waals surface area contributed by atoms with E-state index in [0.29, 0.717) is 12.8 Å². The van der Waals surface area contributed by atoms with Gasteiger partial charge in [-0.1, -0.05) is 33.1 Å². The number of amides is 2. The third-order valence-corrected chi connectivity index (χ3v) is 3.50. The number of hydrogen-bond acceptors (Lipinski definition) is 3. The highest BCUT2D eigenvalue weighted by Crippen LogP contribution is 2.32. The van der Waals surface area contributed by atoms with Crippen molar-refractivity contribution >= 4 is 17.6 Å². The van der Waals surface area contributed by atoms with Crippen molar-refractivity contribution in [2.75, 3.05) is 0 Å². The molecule has 4 N–H and O–H groups in total. The van der Waals surface area contributed by atoms with Crippen molar-refractivity contribution in [1.82, 2.24) is 0 Å². The Bertz CT molecular complexity index is 312. The molecule has 1 unspecified atom stereocenters. The first-order valence-corrected chi connectivity index (χ1v) is 6.38. The average Bonchev–Trinajstić information content (AvgIpc) is 2.26. The molecular weight excluding hydrogens is 232 g/mol. The minimum absolute atomic E-state index is 0.0719. The number of nitrogens with two attached hydrogens (primary N) is 2.